The average Bonchev–Trinajstić information content (AvgIpc) is 3.80. The van der Waals surface area contributed by atoms with Crippen LogP contribution in [0.3, 0.4) is 0 Å². The summed E-state index contributed by atoms with van der Waals surface area (Å²) in [5, 5.41) is 27.2. The summed E-state index contributed by atoms with van der Waals surface area (Å²) in [5.41, 5.74) is 0.106. The van der Waals surface area contributed by atoms with E-state index < -0.39 is 40.5 Å². The van der Waals surface area contributed by atoms with Gasteiger partial charge in [0.05, 0.1) is 17.6 Å². The monoisotopic (exact) mass is 726 g/mol. The highest BCUT2D eigenvalue weighted by Crippen LogP contribution is 2.41. The van der Waals surface area contributed by atoms with Gasteiger partial charge >= 0.3 is 11.9 Å². The Hall–Kier alpha value is -4.48. The van der Waals surface area contributed by atoms with Gasteiger partial charge in [-0.05, 0) is 54.2 Å². The topological polar surface area (TPSA) is 165 Å². The number of hydrogen-bond donors (Lipinski definition) is 4. The minimum Gasteiger partial charge on any atom is -0.477 e. The lowest BCUT2D eigenvalue weighted by Gasteiger charge is -2.49. The van der Waals surface area contributed by atoms with Crippen LogP contribution >= 0.6 is 35.3 Å². The number of aromatic nitrogens is 1. The number of carbonyl (C=O) groups is 4. The van der Waals surface area contributed by atoms with Crippen molar-refractivity contribution in [1.29, 1.82) is 0 Å². The Balaban J connectivity index is 0.982. The number of piperazine rings is 1. The van der Waals surface area contributed by atoms with E-state index in [-0.39, 0.29) is 41.6 Å². The van der Waals surface area contributed by atoms with Crippen molar-refractivity contribution in [2.75, 3.05) is 43.4 Å². The Morgan fingerprint density at radius 1 is 1.06 bits per heavy atom. The van der Waals surface area contributed by atoms with Crippen molar-refractivity contribution in [2.24, 2.45) is 0 Å². The molecule has 0 radical (unpaired) electrons. The van der Waals surface area contributed by atoms with Gasteiger partial charge in [0.2, 0.25) is 11.3 Å². The molecule has 3 aliphatic heterocycles. The number of fused-ring (bicyclic) bond motifs is 2. The first-order valence-electron chi connectivity index (χ1n) is 15.6. The van der Waals surface area contributed by atoms with Gasteiger partial charge in [0.25, 0.3) is 5.91 Å². The number of thiophene rings is 1. The smallest absolute Gasteiger partial charge is 0.352 e. The van der Waals surface area contributed by atoms with E-state index in [2.05, 4.69) is 10.6 Å². The Kier molecular flexibility index (Phi) is 8.83. The van der Waals surface area contributed by atoms with E-state index in [1.807, 2.05) is 27.3 Å². The van der Waals surface area contributed by atoms with Crippen LogP contribution in [0.4, 0.5) is 10.1 Å². The number of nitrogens with one attached hydrogen (secondary N) is 2. The van der Waals surface area contributed by atoms with E-state index in [4.69, 9.17) is 12.2 Å². The number of β-lactam (4-membered cyclic amide) rings is 1. The van der Waals surface area contributed by atoms with Crippen LogP contribution in [-0.2, 0) is 20.8 Å². The number of nitrogens with zero attached hydrogens (tertiary/aromatic N) is 4. The maximum absolute atomic E-state index is 15.4. The van der Waals surface area contributed by atoms with Gasteiger partial charge in [-0.15, -0.1) is 23.1 Å². The largest absolute Gasteiger partial charge is 0.477 e. The molecule has 13 nitrogen and oxygen atoms in total. The number of carboxylic acid groups (broad SMARTS) is 2. The van der Waals surface area contributed by atoms with Gasteiger partial charge < -0.3 is 35.2 Å². The number of hydrogen-bond acceptors (Lipinski definition) is 9. The molecule has 0 spiro atoms. The number of thioether (sulfide) groups is 1. The molecule has 1 aliphatic carbocycles. The third-order valence-corrected chi connectivity index (χ3v) is 11.7. The van der Waals surface area contributed by atoms with E-state index in [0.717, 1.165) is 23.8 Å². The number of thiocarbonyl (C=S) groups is 1. The number of halogens is 1. The van der Waals surface area contributed by atoms with Crippen molar-refractivity contribution in [3.63, 3.8) is 0 Å². The van der Waals surface area contributed by atoms with Crippen LogP contribution < -0.4 is 21.0 Å². The van der Waals surface area contributed by atoms with Crippen LogP contribution in [0.5, 0.6) is 0 Å². The summed E-state index contributed by atoms with van der Waals surface area (Å²) < 4.78 is 17.2. The fraction of sp³-hybridized carbons (Fsp3) is 0.375. The lowest BCUT2D eigenvalue weighted by atomic mass is 10.0. The zero-order chi connectivity index (χ0) is 34.6. The number of benzene rings is 1. The third-order valence-electron chi connectivity index (χ3n) is 9.11. The summed E-state index contributed by atoms with van der Waals surface area (Å²) >= 11 is 8.45. The van der Waals surface area contributed by atoms with Gasteiger partial charge in [-0.3, -0.25) is 19.3 Å². The number of aliphatic carboxylic acids is 1. The maximum Gasteiger partial charge on any atom is 0.352 e. The van der Waals surface area contributed by atoms with Crippen molar-refractivity contribution in [2.45, 2.75) is 36.7 Å². The van der Waals surface area contributed by atoms with E-state index >= 15 is 4.39 Å². The number of aromatic carboxylic acids is 1. The molecular formula is C32H31FN6O7S3. The fourth-order valence-corrected chi connectivity index (χ4v) is 8.77. The second kappa shape index (κ2) is 13.1. The minimum atomic E-state index is -1.35. The predicted octanol–water partition coefficient (Wildman–Crippen LogP) is 2.21. The van der Waals surface area contributed by atoms with Crippen LogP contribution in [-0.4, -0.2) is 103 Å². The summed E-state index contributed by atoms with van der Waals surface area (Å²) in [7, 11) is 0. The molecule has 7 rings (SSSR count). The molecule has 1 aromatic carbocycles. The average molecular weight is 727 g/mol. The molecule has 3 aromatic rings. The Morgan fingerprint density at radius 3 is 2.47 bits per heavy atom. The number of carbonyl (C=O) groups excluding carboxylic acids is 2. The van der Waals surface area contributed by atoms with Crippen molar-refractivity contribution in [3.05, 3.63) is 73.6 Å². The molecule has 0 bridgehead atoms. The maximum atomic E-state index is 15.4. The van der Waals surface area contributed by atoms with E-state index in [9.17, 15) is 34.2 Å². The second-order valence-corrected chi connectivity index (χ2v) is 14.8. The molecular weight excluding hydrogens is 696 g/mol. The van der Waals surface area contributed by atoms with Crippen molar-refractivity contribution in [3.8, 4) is 0 Å². The van der Waals surface area contributed by atoms with Crippen molar-refractivity contribution in [1.82, 2.24) is 25.0 Å². The highest BCUT2D eigenvalue weighted by Gasteiger charge is 2.54. The molecule has 3 fully saturated rings. The summed E-state index contributed by atoms with van der Waals surface area (Å²) in [4.78, 5) is 68.2. The molecule has 2 atom stereocenters. The van der Waals surface area contributed by atoms with Crippen LogP contribution in [0.1, 0.15) is 34.1 Å². The molecule has 2 aromatic heterocycles. The zero-order valence-corrected chi connectivity index (χ0v) is 28.3. The molecule has 5 heterocycles. The van der Waals surface area contributed by atoms with Crippen LogP contribution in [0, 0.1) is 5.82 Å². The van der Waals surface area contributed by atoms with E-state index in [1.165, 1.54) is 34.2 Å². The van der Waals surface area contributed by atoms with Crippen LogP contribution in [0.25, 0.3) is 10.9 Å². The van der Waals surface area contributed by atoms with E-state index in [0.29, 0.717) is 53.8 Å². The Bertz CT molecular complexity index is 1990. The number of carboxylic acids is 2. The third kappa shape index (κ3) is 6.25. The molecule has 17 heteroatoms. The molecule has 2 amide bonds. The Morgan fingerprint density at radius 2 is 1.82 bits per heavy atom. The summed E-state index contributed by atoms with van der Waals surface area (Å²) in [5.74, 6) is -3.63. The van der Waals surface area contributed by atoms with E-state index in [1.54, 1.807) is 10.6 Å². The predicted molar refractivity (Wildman–Crippen MR) is 185 cm³/mol. The van der Waals surface area contributed by atoms with Crippen molar-refractivity contribution >= 4 is 80.8 Å². The zero-order valence-electron chi connectivity index (χ0n) is 25.9. The molecule has 1 saturated carbocycles. The van der Waals surface area contributed by atoms with Gasteiger partial charge in [-0.25, -0.2) is 14.0 Å². The first-order valence-corrected chi connectivity index (χ1v) is 18.0. The van der Waals surface area contributed by atoms with Crippen LogP contribution in [0.2, 0.25) is 0 Å². The van der Waals surface area contributed by atoms with Gasteiger partial charge in [0.15, 0.2) is 5.11 Å². The highest BCUT2D eigenvalue weighted by molar-refractivity contribution is 8.00. The fourth-order valence-electron chi connectivity index (χ4n) is 6.47. The number of rotatable bonds is 9. The normalized spacial score (nSPS) is 20.6. The lowest BCUT2D eigenvalue weighted by Crippen LogP contribution is -2.70. The quantitative estimate of drug-likeness (QED) is 0.188. The van der Waals surface area contributed by atoms with Gasteiger partial charge in [0, 0.05) is 61.0 Å². The molecule has 4 aliphatic rings. The van der Waals surface area contributed by atoms with Crippen LogP contribution in [0.15, 0.2) is 51.9 Å². The molecule has 256 valence electrons. The SMILES string of the molecule is O=C(Cc1cccs1)N[C@@H]1C(=O)N2C(C(=O)O)=C(CNC(=S)N3CCN(c4cc5c(cc4F)c(=O)c(C(=O)O)cn5C4CC4)CC3)CS[C@H]12. The molecule has 0 unspecified atom stereocenters. The molecule has 2 saturated heterocycles. The minimum absolute atomic E-state index is 0.0358. The molecule has 49 heavy (non-hydrogen) atoms. The standard InChI is InChI=1S/C32H31FN6O7S3/c33-21-11-19-22(38(17-3-4-17)14-20(27(19)41)30(43)44)12-23(21)36-5-7-37(8-6-36)32(47)34-13-16-15-49-29-25(28(42)39(29)26(16)31(45)46)35-24(40)10-18-2-1-9-48-18/h1-2,9,11-12,14,17,25,29H,3-8,10,13,15H2,(H,34,47)(H,35,40)(H,43,44)(H,45,46)/t25-,29-/m1/s1. The van der Waals surface area contributed by atoms with Gasteiger partial charge in [-0.1, -0.05) is 6.07 Å². The summed E-state index contributed by atoms with van der Waals surface area (Å²) in [6, 6.07) is 5.69. The van der Waals surface area contributed by atoms with Gasteiger partial charge in [-0.2, -0.15) is 0 Å². The van der Waals surface area contributed by atoms with Gasteiger partial charge in [0.1, 0.15) is 28.5 Å². The summed E-state index contributed by atoms with van der Waals surface area (Å²) in [6.07, 6.45) is 3.20. The van der Waals surface area contributed by atoms with Crippen molar-refractivity contribution < 1.29 is 33.8 Å². The highest BCUT2D eigenvalue weighted by atomic mass is 32.2. The number of anilines is 1. The first kappa shape index (κ1) is 33.0. The Labute approximate surface area is 292 Å². The summed E-state index contributed by atoms with van der Waals surface area (Å²) in [6.45, 7) is 1.81. The molecule has 4 N–H and O–H groups in total. The number of amides is 2. The lowest BCUT2D eigenvalue weighted by molar-refractivity contribution is -0.150. The first-order chi connectivity index (χ1) is 23.5. The second-order valence-electron chi connectivity index (χ2n) is 12.2. The number of pyridine rings is 1.